The number of fused-ring (bicyclic) bond motifs is 3. The zero-order chi connectivity index (χ0) is 17.4. The molecule has 5 heteroatoms. The lowest BCUT2D eigenvalue weighted by Crippen LogP contribution is -2.09. The van der Waals surface area contributed by atoms with Gasteiger partial charge in [-0.25, -0.2) is 4.79 Å². The van der Waals surface area contributed by atoms with E-state index in [9.17, 15) is 4.79 Å². The van der Waals surface area contributed by atoms with E-state index in [4.69, 9.17) is 21.3 Å². The van der Waals surface area contributed by atoms with Gasteiger partial charge < -0.3 is 4.74 Å². The first-order chi connectivity index (χ1) is 12.2. The van der Waals surface area contributed by atoms with Crippen molar-refractivity contribution in [1.29, 1.82) is 0 Å². The van der Waals surface area contributed by atoms with Crippen molar-refractivity contribution in [1.82, 2.24) is 4.57 Å². The van der Waals surface area contributed by atoms with E-state index in [-0.39, 0.29) is 0 Å². The fraction of sp³-hybridized carbons (Fsp3) is 0.100. The Bertz CT molecular complexity index is 1000. The fourth-order valence-electron chi connectivity index (χ4n) is 3.13. The molecule has 0 unspecified atom stereocenters. The molecule has 2 heterocycles. The lowest BCUT2D eigenvalue weighted by Gasteiger charge is -2.11. The van der Waals surface area contributed by atoms with E-state index < -0.39 is 6.09 Å². The summed E-state index contributed by atoms with van der Waals surface area (Å²) in [5.74, 6) is 0. The molecule has 0 fully saturated rings. The zero-order valence-electron chi connectivity index (χ0n) is 13.6. The van der Waals surface area contributed by atoms with Crippen LogP contribution in [0, 0.1) is 0 Å². The first-order valence-corrected chi connectivity index (χ1v) is 8.25. The number of ether oxygens (including phenoxy) is 1. The standard InChI is InChI=1S/C20H15ClN2O2/c1-25-20(24)23-11-13-10-22-19(16-8-4-5-9-18(16)21)15-7-3-2-6-14(15)17(13)12-23/h2-9,11-12H,10H2,1H3. The summed E-state index contributed by atoms with van der Waals surface area (Å²) in [7, 11) is 1.37. The molecule has 1 aromatic heterocycles. The third kappa shape index (κ3) is 2.65. The van der Waals surface area contributed by atoms with Crippen molar-refractivity contribution in [3.8, 4) is 11.1 Å². The number of hydrogen-bond acceptors (Lipinski definition) is 3. The molecule has 0 amide bonds. The van der Waals surface area contributed by atoms with Crippen molar-refractivity contribution in [2.24, 2.45) is 4.99 Å². The highest BCUT2D eigenvalue weighted by Gasteiger charge is 2.22. The summed E-state index contributed by atoms with van der Waals surface area (Å²) < 4.78 is 6.27. The smallest absolute Gasteiger partial charge is 0.417 e. The van der Waals surface area contributed by atoms with Crippen molar-refractivity contribution < 1.29 is 9.53 Å². The number of hydrogen-bond donors (Lipinski definition) is 0. The molecule has 1 aliphatic heterocycles. The van der Waals surface area contributed by atoms with E-state index in [1.54, 1.807) is 12.4 Å². The minimum atomic E-state index is -0.416. The summed E-state index contributed by atoms with van der Waals surface area (Å²) in [5.41, 5.74) is 5.74. The third-order valence-corrected chi connectivity index (χ3v) is 4.63. The molecule has 0 spiro atoms. The van der Waals surface area contributed by atoms with Crippen molar-refractivity contribution in [3.05, 3.63) is 82.6 Å². The normalized spacial score (nSPS) is 12.6. The van der Waals surface area contributed by atoms with Gasteiger partial charge in [0.25, 0.3) is 0 Å². The highest BCUT2D eigenvalue weighted by atomic mass is 35.5. The Balaban J connectivity index is 1.92. The summed E-state index contributed by atoms with van der Waals surface area (Å²) in [5, 5.41) is 0.669. The summed E-state index contributed by atoms with van der Waals surface area (Å²) in [6.07, 6.45) is 3.16. The Morgan fingerprint density at radius 1 is 1.00 bits per heavy atom. The van der Waals surface area contributed by atoms with Crippen LogP contribution in [0.15, 0.2) is 65.9 Å². The molecule has 0 atom stereocenters. The van der Waals surface area contributed by atoms with Gasteiger partial charge in [0.2, 0.25) is 0 Å². The number of rotatable bonds is 1. The van der Waals surface area contributed by atoms with Gasteiger partial charge in [0.05, 0.1) is 19.4 Å². The molecular formula is C20H15ClN2O2. The monoisotopic (exact) mass is 350 g/mol. The fourth-order valence-corrected chi connectivity index (χ4v) is 3.36. The maximum atomic E-state index is 11.8. The molecule has 124 valence electrons. The van der Waals surface area contributed by atoms with Crippen LogP contribution in [-0.4, -0.2) is 23.5 Å². The van der Waals surface area contributed by atoms with E-state index in [0.29, 0.717) is 11.6 Å². The number of carbonyl (C=O) groups excluding carboxylic acids is 1. The van der Waals surface area contributed by atoms with Crippen molar-refractivity contribution in [2.45, 2.75) is 6.54 Å². The second-order valence-corrected chi connectivity index (χ2v) is 6.17. The van der Waals surface area contributed by atoms with Crippen LogP contribution in [0.2, 0.25) is 5.02 Å². The molecular weight excluding hydrogens is 336 g/mol. The molecule has 0 saturated heterocycles. The van der Waals surface area contributed by atoms with Crippen LogP contribution < -0.4 is 0 Å². The van der Waals surface area contributed by atoms with Crippen molar-refractivity contribution in [2.75, 3.05) is 7.11 Å². The first-order valence-electron chi connectivity index (χ1n) is 7.87. The number of methoxy groups -OCH3 is 1. The third-order valence-electron chi connectivity index (χ3n) is 4.30. The minimum Gasteiger partial charge on any atom is -0.452 e. The molecule has 0 N–H and O–H groups in total. The molecule has 4 rings (SSSR count). The van der Waals surface area contributed by atoms with E-state index >= 15 is 0 Å². The predicted octanol–water partition coefficient (Wildman–Crippen LogP) is 4.77. The second kappa shape index (κ2) is 6.22. The number of aromatic nitrogens is 1. The lowest BCUT2D eigenvalue weighted by atomic mass is 9.94. The largest absolute Gasteiger partial charge is 0.452 e. The van der Waals surface area contributed by atoms with Crippen molar-refractivity contribution >= 4 is 23.4 Å². The van der Waals surface area contributed by atoms with Gasteiger partial charge in [0, 0.05) is 34.1 Å². The van der Waals surface area contributed by atoms with Gasteiger partial charge in [0.1, 0.15) is 0 Å². The van der Waals surface area contributed by atoms with Crippen LogP contribution in [0.1, 0.15) is 16.7 Å². The van der Waals surface area contributed by atoms with Crippen LogP contribution in [0.5, 0.6) is 0 Å². The van der Waals surface area contributed by atoms with Crippen LogP contribution in [0.25, 0.3) is 11.1 Å². The summed E-state index contributed by atoms with van der Waals surface area (Å²) in [4.78, 5) is 16.6. The van der Waals surface area contributed by atoms with Crippen molar-refractivity contribution in [3.63, 3.8) is 0 Å². The van der Waals surface area contributed by atoms with Crippen LogP contribution in [0.4, 0.5) is 4.79 Å². The molecule has 1 aliphatic rings. The van der Waals surface area contributed by atoms with Gasteiger partial charge in [-0.05, 0) is 17.2 Å². The molecule has 0 radical (unpaired) electrons. The molecule has 25 heavy (non-hydrogen) atoms. The van der Waals surface area contributed by atoms with E-state index in [1.165, 1.54) is 11.7 Å². The second-order valence-electron chi connectivity index (χ2n) is 5.76. The molecule has 0 bridgehead atoms. The topological polar surface area (TPSA) is 43.6 Å². The van der Waals surface area contributed by atoms with Crippen LogP contribution in [0.3, 0.4) is 0 Å². The summed E-state index contributed by atoms with van der Waals surface area (Å²) in [6, 6.07) is 15.7. The van der Waals surface area contributed by atoms with Gasteiger partial charge in [-0.3, -0.25) is 9.56 Å². The number of carbonyl (C=O) groups is 1. The highest BCUT2D eigenvalue weighted by molar-refractivity contribution is 6.36. The molecule has 0 saturated carbocycles. The maximum absolute atomic E-state index is 11.8. The Hall–Kier alpha value is -2.85. The van der Waals surface area contributed by atoms with Crippen LogP contribution in [-0.2, 0) is 11.3 Å². The average molecular weight is 351 g/mol. The highest BCUT2D eigenvalue weighted by Crippen LogP contribution is 2.34. The summed E-state index contributed by atoms with van der Waals surface area (Å²) >= 11 is 6.40. The molecule has 2 aromatic carbocycles. The number of halogens is 1. The predicted molar refractivity (Wildman–Crippen MR) is 98.5 cm³/mol. The molecule has 3 aromatic rings. The van der Waals surface area contributed by atoms with Gasteiger partial charge >= 0.3 is 6.09 Å². The Kier molecular flexibility index (Phi) is 3.90. The minimum absolute atomic E-state index is 0.416. The van der Waals surface area contributed by atoms with Gasteiger partial charge in [-0.1, -0.05) is 54.1 Å². The quantitative estimate of drug-likeness (QED) is 0.634. The van der Waals surface area contributed by atoms with Gasteiger partial charge in [-0.15, -0.1) is 0 Å². The Morgan fingerprint density at radius 3 is 2.40 bits per heavy atom. The number of benzene rings is 2. The van der Waals surface area contributed by atoms with E-state index in [0.717, 1.165) is 33.5 Å². The SMILES string of the molecule is COC(=O)n1cc2c(c1)-c1ccccc1C(c1ccccc1Cl)=NC2. The Labute approximate surface area is 150 Å². The molecule has 0 aliphatic carbocycles. The van der Waals surface area contributed by atoms with E-state index in [2.05, 4.69) is 0 Å². The first kappa shape index (κ1) is 15.7. The number of nitrogens with zero attached hydrogens (tertiary/aromatic N) is 2. The number of aliphatic imine (C=N–C) groups is 1. The Morgan fingerprint density at radius 2 is 1.68 bits per heavy atom. The molecule has 4 nitrogen and oxygen atoms in total. The lowest BCUT2D eigenvalue weighted by molar-refractivity contribution is 0.173. The van der Waals surface area contributed by atoms with Crippen LogP contribution >= 0.6 is 11.6 Å². The van der Waals surface area contributed by atoms with Gasteiger partial charge in [-0.2, -0.15) is 0 Å². The van der Waals surface area contributed by atoms with Gasteiger partial charge in [0.15, 0.2) is 0 Å². The maximum Gasteiger partial charge on any atom is 0.417 e. The summed E-state index contributed by atoms with van der Waals surface area (Å²) in [6.45, 7) is 0.467. The van der Waals surface area contributed by atoms with E-state index in [1.807, 2.05) is 48.5 Å². The zero-order valence-corrected chi connectivity index (χ0v) is 14.3. The average Bonchev–Trinajstić information content (AvgIpc) is 3.01.